The number of rotatable bonds is 6. The monoisotopic (exact) mass is 270 g/mol. The van der Waals surface area contributed by atoms with Crippen LogP contribution < -0.4 is 0 Å². The Balaban J connectivity index is 2.86. The van der Waals surface area contributed by atoms with E-state index in [0.29, 0.717) is 5.56 Å². The van der Waals surface area contributed by atoms with Gasteiger partial charge >= 0.3 is 0 Å². The third-order valence-electron chi connectivity index (χ3n) is 2.93. The second kappa shape index (κ2) is 6.74. The first-order valence-corrected chi connectivity index (χ1v) is 5.83. The van der Waals surface area contributed by atoms with E-state index in [9.17, 15) is 25.2 Å². The molecule has 0 aliphatic carbocycles. The van der Waals surface area contributed by atoms with E-state index >= 15 is 0 Å². The van der Waals surface area contributed by atoms with Crippen molar-refractivity contribution < 1.29 is 30.3 Å². The molecule has 106 valence electrons. The van der Waals surface area contributed by atoms with E-state index < -0.39 is 36.8 Å². The summed E-state index contributed by atoms with van der Waals surface area (Å²) in [5, 5.41) is 46.6. The van der Waals surface area contributed by atoms with Crippen LogP contribution in [0, 0.1) is 6.92 Å². The van der Waals surface area contributed by atoms with Gasteiger partial charge < -0.3 is 25.5 Å². The molecule has 0 fully saturated rings. The molecule has 0 amide bonds. The largest absolute Gasteiger partial charge is 0.394 e. The Morgan fingerprint density at radius 2 is 1.68 bits per heavy atom. The van der Waals surface area contributed by atoms with Crippen molar-refractivity contribution in [2.45, 2.75) is 31.3 Å². The summed E-state index contributed by atoms with van der Waals surface area (Å²) < 4.78 is 0. The van der Waals surface area contributed by atoms with Gasteiger partial charge in [-0.25, -0.2) is 0 Å². The highest BCUT2D eigenvalue weighted by Gasteiger charge is 2.34. The lowest BCUT2D eigenvalue weighted by atomic mass is 9.94. The number of benzene rings is 1. The van der Waals surface area contributed by atoms with E-state index in [1.807, 2.05) is 0 Å². The molecule has 5 N–H and O–H groups in total. The Kier molecular flexibility index (Phi) is 5.59. The number of aliphatic hydroxyl groups is 5. The van der Waals surface area contributed by atoms with Crippen molar-refractivity contribution in [3.63, 3.8) is 0 Å². The number of ketones is 1. The second-order valence-corrected chi connectivity index (χ2v) is 4.36. The smallest absolute Gasteiger partial charge is 0.194 e. The van der Waals surface area contributed by atoms with E-state index in [4.69, 9.17) is 5.11 Å². The van der Waals surface area contributed by atoms with Crippen molar-refractivity contribution in [2.24, 2.45) is 0 Å². The molecular formula is C13H18O6. The molecule has 1 aromatic carbocycles. The van der Waals surface area contributed by atoms with Gasteiger partial charge in [-0.2, -0.15) is 0 Å². The first-order chi connectivity index (χ1) is 8.90. The maximum absolute atomic E-state index is 12.0. The first kappa shape index (κ1) is 15.7. The van der Waals surface area contributed by atoms with Gasteiger partial charge in [-0.05, 0) is 12.5 Å². The third-order valence-corrected chi connectivity index (χ3v) is 2.93. The molecule has 0 spiro atoms. The van der Waals surface area contributed by atoms with Gasteiger partial charge in [0.2, 0.25) is 0 Å². The topological polar surface area (TPSA) is 118 Å². The van der Waals surface area contributed by atoms with Crippen molar-refractivity contribution >= 4 is 5.78 Å². The van der Waals surface area contributed by atoms with Crippen molar-refractivity contribution in [3.8, 4) is 0 Å². The Morgan fingerprint density at radius 3 is 2.21 bits per heavy atom. The van der Waals surface area contributed by atoms with E-state index in [0.717, 1.165) is 0 Å². The molecule has 0 aromatic heterocycles. The molecule has 0 saturated heterocycles. The van der Waals surface area contributed by atoms with Gasteiger partial charge in [0.15, 0.2) is 5.78 Å². The number of Topliss-reactive ketones (excluding diaryl/α,β-unsaturated/α-hetero) is 1. The third kappa shape index (κ3) is 3.59. The maximum atomic E-state index is 12.0. The van der Waals surface area contributed by atoms with Gasteiger partial charge in [0, 0.05) is 5.56 Å². The van der Waals surface area contributed by atoms with Crippen molar-refractivity contribution in [1.29, 1.82) is 0 Å². The van der Waals surface area contributed by atoms with Gasteiger partial charge in [-0.3, -0.25) is 4.79 Å². The number of hydrogen-bond acceptors (Lipinski definition) is 6. The highest BCUT2D eigenvalue weighted by atomic mass is 16.4. The maximum Gasteiger partial charge on any atom is 0.194 e. The molecule has 0 heterocycles. The summed E-state index contributed by atoms with van der Waals surface area (Å²) >= 11 is 0. The summed E-state index contributed by atoms with van der Waals surface area (Å²) in [6.07, 6.45) is -7.20. The molecule has 6 nitrogen and oxygen atoms in total. The Bertz CT molecular complexity index is 433. The van der Waals surface area contributed by atoms with Crippen LogP contribution >= 0.6 is 0 Å². The minimum absolute atomic E-state index is 0.222. The number of carbonyl (C=O) groups is 1. The summed E-state index contributed by atoms with van der Waals surface area (Å²) in [6.45, 7) is 0.884. The Morgan fingerprint density at radius 1 is 1.11 bits per heavy atom. The molecule has 0 saturated carbocycles. The van der Waals surface area contributed by atoms with Gasteiger partial charge in [-0.1, -0.05) is 24.3 Å². The number of aryl methyl sites for hydroxylation is 1. The quantitative estimate of drug-likeness (QED) is 0.406. The highest BCUT2D eigenvalue weighted by Crippen LogP contribution is 2.14. The molecule has 1 aromatic rings. The average molecular weight is 270 g/mol. The summed E-state index contributed by atoms with van der Waals surface area (Å²) in [5.74, 6) is -0.755. The normalized spacial score (nSPS) is 17.6. The zero-order valence-corrected chi connectivity index (χ0v) is 10.5. The summed E-state index contributed by atoms with van der Waals surface area (Å²) in [6, 6.07) is 6.49. The van der Waals surface area contributed by atoms with Gasteiger partial charge in [0.05, 0.1) is 6.61 Å². The number of hydrogen-bond donors (Lipinski definition) is 5. The van der Waals surface area contributed by atoms with E-state index in [1.165, 1.54) is 6.07 Å². The standard InChI is InChI=1S/C13H18O6/c1-7-4-2-3-5-8(7)10(16)12(18)13(19)11(17)9(15)6-14/h2-5,9,11-15,17-19H,6H2,1H3/t9-,11-,12+,13+/m1/s1. The lowest BCUT2D eigenvalue weighted by molar-refractivity contribution is -0.105. The van der Waals surface area contributed by atoms with Crippen LogP contribution in [-0.4, -0.2) is 62.3 Å². The van der Waals surface area contributed by atoms with Crippen molar-refractivity contribution in [1.82, 2.24) is 0 Å². The van der Waals surface area contributed by atoms with Crippen LogP contribution in [-0.2, 0) is 0 Å². The van der Waals surface area contributed by atoms with Gasteiger partial charge in [-0.15, -0.1) is 0 Å². The predicted molar refractivity (Wildman–Crippen MR) is 66.6 cm³/mol. The van der Waals surface area contributed by atoms with Crippen LogP contribution in [0.5, 0.6) is 0 Å². The van der Waals surface area contributed by atoms with Crippen molar-refractivity contribution in [2.75, 3.05) is 6.61 Å². The Hall–Kier alpha value is -1.31. The molecule has 0 aliphatic rings. The fourth-order valence-electron chi connectivity index (χ4n) is 1.69. The SMILES string of the molecule is Cc1ccccc1C(=O)[C@H](O)[C@@H](O)[C@H](O)[C@H](O)CO. The molecule has 0 radical (unpaired) electrons. The van der Waals surface area contributed by atoms with Gasteiger partial charge in [0.25, 0.3) is 0 Å². The molecule has 19 heavy (non-hydrogen) atoms. The highest BCUT2D eigenvalue weighted by molar-refractivity contribution is 6.00. The van der Waals surface area contributed by atoms with Crippen LogP contribution in [0.3, 0.4) is 0 Å². The average Bonchev–Trinajstić information content (AvgIpc) is 2.43. The fraction of sp³-hybridized carbons (Fsp3) is 0.462. The van der Waals surface area contributed by atoms with Crippen molar-refractivity contribution in [3.05, 3.63) is 35.4 Å². The first-order valence-electron chi connectivity index (χ1n) is 5.83. The van der Waals surface area contributed by atoms with Crippen LogP contribution in [0.4, 0.5) is 0 Å². The summed E-state index contributed by atoms with van der Waals surface area (Å²) in [4.78, 5) is 12.0. The molecule has 0 aliphatic heterocycles. The molecule has 4 atom stereocenters. The zero-order valence-electron chi connectivity index (χ0n) is 10.5. The fourth-order valence-corrected chi connectivity index (χ4v) is 1.69. The molecular weight excluding hydrogens is 252 g/mol. The molecule has 0 bridgehead atoms. The number of carbonyl (C=O) groups excluding carboxylic acids is 1. The molecule has 0 unspecified atom stereocenters. The van der Waals surface area contributed by atoms with E-state index in [1.54, 1.807) is 25.1 Å². The van der Waals surface area contributed by atoms with Crippen LogP contribution in [0.2, 0.25) is 0 Å². The zero-order chi connectivity index (χ0) is 14.6. The Labute approximate surface area is 110 Å². The van der Waals surface area contributed by atoms with Gasteiger partial charge in [0.1, 0.15) is 24.4 Å². The lowest BCUT2D eigenvalue weighted by Crippen LogP contribution is -2.48. The van der Waals surface area contributed by atoms with E-state index in [-0.39, 0.29) is 5.56 Å². The summed E-state index contributed by atoms with van der Waals surface area (Å²) in [7, 11) is 0. The predicted octanol–water partition coefficient (Wildman–Crippen LogP) is -1.39. The minimum Gasteiger partial charge on any atom is -0.394 e. The molecule has 6 heteroatoms. The summed E-state index contributed by atoms with van der Waals surface area (Å²) in [5.41, 5.74) is 0.843. The van der Waals surface area contributed by atoms with E-state index in [2.05, 4.69) is 0 Å². The minimum atomic E-state index is -1.88. The van der Waals surface area contributed by atoms with Crippen LogP contribution in [0.15, 0.2) is 24.3 Å². The van der Waals surface area contributed by atoms with Crippen LogP contribution in [0.1, 0.15) is 15.9 Å². The lowest BCUT2D eigenvalue weighted by Gasteiger charge is -2.25. The van der Waals surface area contributed by atoms with Crippen LogP contribution in [0.25, 0.3) is 0 Å². The number of aliphatic hydroxyl groups excluding tert-OH is 5. The second-order valence-electron chi connectivity index (χ2n) is 4.36. The molecule has 1 rings (SSSR count).